The Hall–Kier alpha value is -1.64. The Bertz CT molecular complexity index is 862. The number of sulfone groups is 1. The van der Waals surface area contributed by atoms with Crippen molar-refractivity contribution >= 4 is 27.5 Å². The lowest BCUT2D eigenvalue weighted by Gasteiger charge is -2.36. The average Bonchev–Trinajstić information content (AvgIpc) is 3.22. The van der Waals surface area contributed by atoms with Crippen LogP contribution in [0.1, 0.15) is 6.42 Å². The summed E-state index contributed by atoms with van der Waals surface area (Å²) in [4.78, 5) is 8.77. The number of hydrogen-bond acceptors (Lipinski definition) is 7. The highest BCUT2D eigenvalue weighted by molar-refractivity contribution is 7.91. The molecule has 1 aromatic carbocycles. The van der Waals surface area contributed by atoms with E-state index in [0.717, 1.165) is 38.2 Å². The Labute approximate surface area is 151 Å². The van der Waals surface area contributed by atoms with Crippen molar-refractivity contribution in [1.82, 2.24) is 15.0 Å². The van der Waals surface area contributed by atoms with Crippen LogP contribution in [-0.2, 0) is 9.84 Å². The molecule has 4 rings (SSSR count). The molecule has 0 spiro atoms. The summed E-state index contributed by atoms with van der Waals surface area (Å²) in [6.45, 7) is 3.09. The third-order valence-electron chi connectivity index (χ3n) is 4.81. The number of nitrogens with zero attached hydrogens (tertiary/aromatic N) is 4. The Kier molecular flexibility index (Phi) is 4.43. The first-order chi connectivity index (χ1) is 12.0. The molecule has 0 saturated carbocycles. The summed E-state index contributed by atoms with van der Waals surface area (Å²) in [5.41, 5.74) is 0.817. The molecule has 9 heteroatoms. The number of rotatable bonds is 3. The van der Waals surface area contributed by atoms with E-state index in [1.54, 1.807) is 12.1 Å². The van der Waals surface area contributed by atoms with E-state index in [1.165, 1.54) is 0 Å². The van der Waals surface area contributed by atoms with Gasteiger partial charge in [-0.3, -0.25) is 4.90 Å². The molecular weight excluding hydrogens is 364 g/mol. The van der Waals surface area contributed by atoms with E-state index in [-0.39, 0.29) is 11.8 Å². The van der Waals surface area contributed by atoms with Crippen LogP contribution in [0.2, 0.25) is 5.02 Å². The summed E-state index contributed by atoms with van der Waals surface area (Å²) >= 11 is 6.00. The first-order valence-corrected chi connectivity index (χ1v) is 10.5. The van der Waals surface area contributed by atoms with Gasteiger partial charge in [0.1, 0.15) is 0 Å². The molecule has 2 aromatic rings. The van der Waals surface area contributed by atoms with Gasteiger partial charge in [-0.05, 0) is 18.6 Å². The van der Waals surface area contributed by atoms with Gasteiger partial charge in [-0.2, -0.15) is 4.98 Å². The number of aromatic nitrogens is 2. The molecule has 134 valence electrons. The van der Waals surface area contributed by atoms with Gasteiger partial charge in [0, 0.05) is 42.8 Å². The van der Waals surface area contributed by atoms with Gasteiger partial charge in [0.15, 0.2) is 9.84 Å². The van der Waals surface area contributed by atoms with Crippen molar-refractivity contribution in [1.29, 1.82) is 0 Å². The van der Waals surface area contributed by atoms with Crippen LogP contribution in [-0.4, -0.2) is 67.2 Å². The zero-order chi connectivity index (χ0) is 17.4. The molecule has 2 aliphatic rings. The van der Waals surface area contributed by atoms with Crippen LogP contribution >= 0.6 is 11.6 Å². The van der Waals surface area contributed by atoms with Gasteiger partial charge in [0.25, 0.3) is 0 Å². The SMILES string of the molecule is O=S1(=O)CCC(N2CCN(c3nc(-c4cccc(Cl)c4)no3)CC2)C1. The Morgan fingerprint density at radius 3 is 2.68 bits per heavy atom. The van der Waals surface area contributed by atoms with Crippen molar-refractivity contribution in [3.8, 4) is 11.4 Å². The van der Waals surface area contributed by atoms with E-state index in [1.807, 2.05) is 17.0 Å². The minimum absolute atomic E-state index is 0.150. The van der Waals surface area contributed by atoms with Crippen molar-refractivity contribution in [2.24, 2.45) is 0 Å². The Morgan fingerprint density at radius 1 is 1.20 bits per heavy atom. The van der Waals surface area contributed by atoms with E-state index in [4.69, 9.17) is 16.1 Å². The summed E-state index contributed by atoms with van der Waals surface area (Å²) in [5, 5.41) is 4.67. The van der Waals surface area contributed by atoms with E-state index in [9.17, 15) is 8.42 Å². The third kappa shape index (κ3) is 3.65. The zero-order valence-corrected chi connectivity index (χ0v) is 15.2. The molecule has 7 nitrogen and oxygen atoms in total. The highest BCUT2D eigenvalue weighted by atomic mass is 35.5. The molecule has 1 aromatic heterocycles. The second-order valence-electron chi connectivity index (χ2n) is 6.49. The Morgan fingerprint density at radius 2 is 2.00 bits per heavy atom. The van der Waals surface area contributed by atoms with E-state index in [0.29, 0.717) is 22.6 Å². The van der Waals surface area contributed by atoms with E-state index < -0.39 is 9.84 Å². The molecule has 2 aliphatic heterocycles. The van der Waals surface area contributed by atoms with Gasteiger partial charge in [-0.25, -0.2) is 8.42 Å². The maximum Gasteiger partial charge on any atom is 0.324 e. The first kappa shape index (κ1) is 16.8. The van der Waals surface area contributed by atoms with Crippen LogP contribution in [0.25, 0.3) is 11.4 Å². The molecule has 0 radical (unpaired) electrons. The molecule has 0 aliphatic carbocycles. The fourth-order valence-electron chi connectivity index (χ4n) is 3.43. The second-order valence-corrected chi connectivity index (χ2v) is 9.16. The van der Waals surface area contributed by atoms with E-state index >= 15 is 0 Å². The van der Waals surface area contributed by atoms with Crippen LogP contribution in [0.4, 0.5) is 6.01 Å². The largest absolute Gasteiger partial charge is 0.324 e. The van der Waals surface area contributed by atoms with Crippen molar-refractivity contribution in [2.75, 3.05) is 42.6 Å². The molecule has 25 heavy (non-hydrogen) atoms. The van der Waals surface area contributed by atoms with Crippen LogP contribution in [0.3, 0.4) is 0 Å². The molecule has 0 N–H and O–H groups in total. The lowest BCUT2D eigenvalue weighted by Crippen LogP contribution is -2.50. The minimum atomic E-state index is -2.85. The summed E-state index contributed by atoms with van der Waals surface area (Å²) in [6.07, 6.45) is 0.738. The van der Waals surface area contributed by atoms with Crippen molar-refractivity contribution in [2.45, 2.75) is 12.5 Å². The van der Waals surface area contributed by atoms with Crippen LogP contribution in [0, 0.1) is 0 Å². The highest BCUT2D eigenvalue weighted by Gasteiger charge is 2.34. The zero-order valence-electron chi connectivity index (χ0n) is 13.6. The number of halogens is 1. The smallest absolute Gasteiger partial charge is 0.322 e. The molecule has 2 fully saturated rings. The molecular formula is C16H19ClN4O3S. The standard InChI is InChI=1S/C16H19ClN4O3S/c17-13-3-1-2-12(10-13)15-18-16(24-19-15)21-7-5-20(6-8-21)14-4-9-25(22,23)11-14/h1-3,10,14H,4-9,11H2. The topological polar surface area (TPSA) is 79.5 Å². The monoisotopic (exact) mass is 382 g/mol. The first-order valence-electron chi connectivity index (χ1n) is 8.29. The number of piperazine rings is 1. The van der Waals surface area contributed by atoms with Crippen LogP contribution < -0.4 is 4.90 Å². The molecule has 1 unspecified atom stereocenters. The lowest BCUT2D eigenvalue weighted by atomic mass is 10.2. The van der Waals surface area contributed by atoms with Crippen molar-refractivity contribution in [3.05, 3.63) is 29.3 Å². The molecule has 0 bridgehead atoms. The fourth-order valence-corrected chi connectivity index (χ4v) is 5.38. The predicted molar refractivity (Wildman–Crippen MR) is 95.6 cm³/mol. The van der Waals surface area contributed by atoms with E-state index in [2.05, 4.69) is 15.0 Å². The Balaban J connectivity index is 1.40. The normalized spacial score (nSPS) is 23.9. The summed E-state index contributed by atoms with van der Waals surface area (Å²) < 4.78 is 28.7. The second kappa shape index (κ2) is 6.59. The molecule has 1 atom stereocenters. The summed E-state index contributed by atoms with van der Waals surface area (Å²) in [7, 11) is -2.85. The van der Waals surface area contributed by atoms with Crippen molar-refractivity contribution in [3.63, 3.8) is 0 Å². The van der Waals surface area contributed by atoms with Gasteiger partial charge in [0.2, 0.25) is 5.82 Å². The number of hydrogen-bond donors (Lipinski definition) is 0. The third-order valence-corrected chi connectivity index (χ3v) is 6.79. The van der Waals surface area contributed by atoms with Gasteiger partial charge < -0.3 is 9.42 Å². The van der Waals surface area contributed by atoms with Gasteiger partial charge >= 0.3 is 6.01 Å². The predicted octanol–water partition coefficient (Wildman–Crippen LogP) is 1.70. The molecule has 3 heterocycles. The van der Waals surface area contributed by atoms with Crippen molar-refractivity contribution < 1.29 is 12.9 Å². The number of benzene rings is 1. The maximum absolute atomic E-state index is 11.7. The lowest BCUT2D eigenvalue weighted by molar-refractivity contribution is 0.196. The maximum atomic E-state index is 11.7. The highest BCUT2D eigenvalue weighted by Crippen LogP contribution is 2.24. The molecule has 0 amide bonds. The quantitative estimate of drug-likeness (QED) is 0.799. The van der Waals surface area contributed by atoms with Crippen LogP contribution in [0.15, 0.2) is 28.8 Å². The fraction of sp³-hybridized carbons (Fsp3) is 0.500. The summed E-state index contributed by atoms with van der Waals surface area (Å²) in [6, 6.07) is 7.98. The van der Waals surface area contributed by atoms with Gasteiger partial charge in [-0.15, -0.1) is 0 Å². The minimum Gasteiger partial charge on any atom is -0.322 e. The number of anilines is 1. The molecule has 2 saturated heterocycles. The summed E-state index contributed by atoms with van der Waals surface area (Å²) in [5.74, 6) is 1.11. The van der Waals surface area contributed by atoms with Crippen LogP contribution in [0.5, 0.6) is 0 Å². The van der Waals surface area contributed by atoms with Gasteiger partial charge in [0.05, 0.1) is 11.5 Å². The van der Waals surface area contributed by atoms with Gasteiger partial charge in [-0.1, -0.05) is 28.9 Å². The average molecular weight is 383 g/mol.